The summed E-state index contributed by atoms with van der Waals surface area (Å²) in [7, 11) is 2.17. The molecule has 3 aliphatic rings. The van der Waals surface area contributed by atoms with Gasteiger partial charge in [-0.15, -0.1) is 0 Å². The molecule has 0 saturated carbocycles. The number of nitriles is 1. The lowest BCUT2D eigenvalue weighted by atomic mass is 9.87. The maximum atomic E-state index is 17.3. The van der Waals surface area contributed by atoms with Crippen molar-refractivity contribution in [3.63, 3.8) is 0 Å². The van der Waals surface area contributed by atoms with Crippen molar-refractivity contribution in [2.75, 3.05) is 38.1 Å². The van der Waals surface area contributed by atoms with Crippen LogP contribution in [0.5, 0.6) is 0 Å². The third-order valence-corrected chi connectivity index (χ3v) is 11.7. The van der Waals surface area contributed by atoms with Crippen LogP contribution >= 0.6 is 23.2 Å². The summed E-state index contributed by atoms with van der Waals surface area (Å²) in [5.41, 5.74) is 3.83. The maximum absolute atomic E-state index is 17.3. The standard InChI is InChI=1S/C36H34Cl2FN9O/c1-4-6-28(49)47-12-8-22(13-21(47)7-10-40)48-19-41-33-34(48)23-14-26(38)30(29-20(2)25(37)15-27-24(29)16-42-44-27)31(39)32(23)43-35(33)46-17-36(18-46)9-5-11-45(36)3/h14-16,19,21-22H,5,7-9,11-13,17-18H2,1-3H3,(H,42,44)/t21-,22+/m1/s1. The third kappa shape index (κ3) is 4.85. The number of carbonyl (C=O) groups is 1. The van der Waals surface area contributed by atoms with Crippen LogP contribution in [0.15, 0.2) is 24.7 Å². The first-order chi connectivity index (χ1) is 23.7. The van der Waals surface area contributed by atoms with Crippen molar-refractivity contribution >= 4 is 67.8 Å². The van der Waals surface area contributed by atoms with E-state index in [1.54, 1.807) is 36.5 Å². The summed E-state index contributed by atoms with van der Waals surface area (Å²) in [5, 5.41) is 18.7. The minimum Gasteiger partial charge on any atom is -0.351 e. The van der Waals surface area contributed by atoms with Crippen LogP contribution in [0.2, 0.25) is 10.0 Å². The molecule has 0 unspecified atom stereocenters. The number of likely N-dealkylation sites (N-methyl/N-ethyl adjacent to an activating group) is 1. The molecule has 8 rings (SSSR count). The van der Waals surface area contributed by atoms with Crippen LogP contribution < -0.4 is 4.90 Å². The third-order valence-electron chi connectivity index (χ3n) is 11.0. The Morgan fingerprint density at radius 2 is 1.98 bits per heavy atom. The number of halogens is 3. The van der Waals surface area contributed by atoms with Crippen LogP contribution in [0, 0.1) is 35.9 Å². The second kappa shape index (κ2) is 11.9. The lowest BCUT2D eigenvalue weighted by Gasteiger charge is -2.52. The molecule has 1 N–H and O–H groups in total. The molecule has 13 heteroatoms. The van der Waals surface area contributed by atoms with Crippen LogP contribution in [-0.2, 0) is 4.79 Å². The zero-order valence-electron chi connectivity index (χ0n) is 27.4. The number of imidazole rings is 1. The van der Waals surface area contributed by atoms with E-state index in [0.29, 0.717) is 63.2 Å². The number of benzene rings is 2. The number of hydrogen-bond acceptors (Lipinski definition) is 7. The molecule has 3 fully saturated rings. The number of piperidine rings is 1. The Morgan fingerprint density at radius 1 is 1.16 bits per heavy atom. The molecule has 3 aromatic heterocycles. The number of anilines is 1. The van der Waals surface area contributed by atoms with Gasteiger partial charge in [0.2, 0.25) is 0 Å². The highest BCUT2D eigenvalue weighted by Gasteiger charge is 2.49. The molecule has 1 spiro atoms. The van der Waals surface area contributed by atoms with Crippen molar-refractivity contribution in [2.45, 2.75) is 63.6 Å². The van der Waals surface area contributed by atoms with Crippen LogP contribution in [0.25, 0.3) is 44.0 Å². The van der Waals surface area contributed by atoms with Crippen molar-refractivity contribution in [1.29, 1.82) is 5.26 Å². The summed E-state index contributed by atoms with van der Waals surface area (Å²) in [6.45, 7) is 6.52. The van der Waals surface area contributed by atoms with Crippen LogP contribution in [0.4, 0.5) is 10.2 Å². The van der Waals surface area contributed by atoms with Crippen molar-refractivity contribution < 1.29 is 9.18 Å². The van der Waals surface area contributed by atoms with Gasteiger partial charge < -0.3 is 14.4 Å². The minimum absolute atomic E-state index is 0.0747. The lowest BCUT2D eigenvalue weighted by Crippen LogP contribution is -2.67. The van der Waals surface area contributed by atoms with Gasteiger partial charge in [0.05, 0.1) is 46.6 Å². The van der Waals surface area contributed by atoms with Gasteiger partial charge in [-0.25, -0.2) is 14.4 Å². The first-order valence-corrected chi connectivity index (χ1v) is 17.3. The summed E-state index contributed by atoms with van der Waals surface area (Å²) in [6, 6.07) is 5.39. The molecule has 2 atom stereocenters. The number of aromatic nitrogens is 5. The SMILES string of the molecule is CC#CC(=O)N1CC[C@H](n2cnc3c(N4CC5(CCCN5C)C4)nc4c(F)c(-c5c(C)c(Cl)cc6[nH]ncc56)c(Cl)cc4c32)C[C@H]1CC#N. The summed E-state index contributed by atoms with van der Waals surface area (Å²) < 4.78 is 19.4. The number of nitrogens with zero attached hydrogens (tertiary/aromatic N) is 8. The largest absolute Gasteiger partial charge is 0.351 e. The summed E-state index contributed by atoms with van der Waals surface area (Å²) in [4.78, 5) is 29.1. The zero-order chi connectivity index (χ0) is 34.2. The molecule has 3 aliphatic heterocycles. The number of H-pyrrole nitrogens is 1. The summed E-state index contributed by atoms with van der Waals surface area (Å²) in [5.74, 6) is 5.14. The van der Waals surface area contributed by atoms with E-state index in [1.165, 1.54) is 0 Å². The second-order valence-corrected chi connectivity index (χ2v) is 14.4. The average Bonchev–Trinajstić information content (AvgIpc) is 3.81. The highest BCUT2D eigenvalue weighted by Crippen LogP contribution is 2.47. The number of carbonyl (C=O) groups excluding carboxylic acids is 1. The first-order valence-electron chi connectivity index (χ1n) is 16.5. The van der Waals surface area contributed by atoms with Gasteiger partial charge in [0.15, 0.2) is 11.6 Å². The maximum Gasteiger partial charge on any atom is 0.298 e. The van der Waals surface area contributed by atoms with E-state index in [4.69, 9.17) is 33.2 Å². The first kappa shape index (κ1) is 31.8. The Hall–Kier alpha value is -4.42. The molecule has 6 heterocycles. The van der Waals surface area contributed by atoms with Gasteiger partial charge in [0.25, 0.3) is 5.91 Å². The van der Waals surface area contributed by atoms with E-state index >= 15 is 4.39 Å². The number of rotatable bonds is 4. The molecular formula is C36H34Cl2FN9O. The number of likely N-dealkylation sites (tertiary alicyclic amines) is 2. The number of hydrogen-bond donors (Lipinski definition) is 1. The van der Waals surface area contributed by atoms with Crippen molar-refractivity contribution in [3.8, 4) is 29.0 Å². The molecule has 0 aliphatic carbocycles. The normalized spacial score (nSPS) is 20.6. The molecule has 250 valence electrons. The van der Waals surface area contributed by atoms with Gasteiger partial charge in [-0.1, -0.05) is 29.1 Å². The molecule has 10 nitrogen and oxygen atoms in total. The Labute approximate surface area is 292 Å². The summed E-state index contributed by atoms with van der Waals surface area (Å²) >= 11 is 13.7. The minimum atomic E-state index is -0.541. The van der Waals surface area contributed by atoms with E-state index in [9.17, 15) is 10.1 Å². The predicted molar refractivity (Wildman–Crippen MR) is 189 cm³/mol. The number of pyridine rings is 1. The fourth-order valence-corrected chi connectivity index (χ4v) is 8.86. The van der Waals surface area contributed by atoms with Crippen LogP contribution in [0.3, 0.4) is 0 Å². The Kier molecular flexibility index (Phi) is 7.71. The van der Waals surface area contributed by atoms with Crippen molar-refractivity contribution in [3.05, 3.63) is 46.1 Å². The van der Waals surface area contributed by atoms with Gasteiger partial charge >= 0.3 is 0 Å². The Bertz CT molecular complexity index is 2290. The second-order valence-electron chi connectivity index (χ2n) is 13.6. The molecule has 0 bridgehead atoms. The van der Waals surface area contributed by atoms with Crippen molar-refractivity contribution in [1.82, 2.24) is 34.5 Å². The van der Waals surface area contributed by atoms with E-state index < -0.39 is 5.82 Å². The molecular weight excluding hydrogens is 664 g/mol. The molecule has 49 heavy (non-hydrogen) atoms. The molecule has 1 amide bonds. The topological polar surface area (TPSA) is 110 Å². The molecule has 5 aromatic rings. The molecule has 0 radical (unpaired) electrons. The van der Waals surface area contributed by atoms with Gasteiger partial charge in [-0.2, -0.15) is 10.4 Å². The fraction of sp³-hybridized carbons (Fsp3) is 0.417. The van der Waals surface area contributed by atoms with Gasteiger partial charge in [-0.05, 0) is 76.7 Å². The van der Waals surface area contributed by atoms with Crippen LogP contribution in [0.1, 0.15) is 50.6 Å². The van der Waals surface area contributed by atoms with Crippen LogP contribution in [-0.4, -0.2) is 85.2 Å². The number of amides is 1. The predicted octanol–water partition coefficient (Wildman–Crippen LogP) is 6.64. The number of fused-ring (bicyclic) bond motifs is 4. The number of nitrogens with one attached hydrogen (secondary N) is 1. The fourth-order valence-electron chi connectivity index (χ4n) is 8.37. The monoisotopic (exact) mass is 697 g/mol. The highest BCUT2D eigenvalue weighted by atomic mass is 35.5. The average molecular weight is 699 g/mol. The van der Waals surface area contributed by atoms with E-state index in [0.717, 1.165) is 38.0 Å². The van der Waals surface area contributed by atoms with Gasteiger partial charge in [0.1, 0.15) is 11.0 Å². The van der Waals surface area contributed by atoms with E-state index in [2.05, 4.69) is 49.5 Å². The van der Waals surface area contributed by atoms with Gasteiger partial charge in [0, 0.05) is 58.6 Å². The number of aromatic amines is 1. The molecule has 2 aromatic carbocycles. The Balaban J connectivity index is 1.32. The highest BCUT2D eigenvalue weighted by molar-refractivity contribution is 6.36. The molecule has 3 saturated heterocycles. The van der Waals surface area contributed by atoms with Crippen molar-refractivity contribution in [2.24, 2.45) is 0 Å². The zero-order valence-corrected chi connectivity index (χ0v) is 29.0. The van der Waals surface area contributed by atoms with E-state index in [1.807, 2.05) is 6.92 Å². The van der Waals surface area contributed by atoms with E-state index in [-0.39, 0.29) is 46.1 Å². The lowest BCUT2D eigenvalue weighted by molar-refractivity contribution is -0.129. The summed E-state index contributed by atoms with van der Waals surface area (Å²) in [6.07, 6.45) is 7.03. The smallest absolute Gasteiger partial charge is 0.298 e. The quantitative estimate of drug-likeness (QED) is 0.210. The Morgan fingerprint density at radius 3 is 2.71 bits per heavy atom. The van der Waals surface area contributed by atoms with Gasteiger partial charge in [-0.3, -0.25) is 14.8 Å².